The molecule has 0 saturated heterocycles. The molecule has 186 valence electrons. The minimum atomic E-state index is -1.28. The maximum Gasteiger partial charge on any atom is 0.326 e. The second kappa shape index (κ2) is 12.5. The molecule has 0 atom stereocenters. The lowest BCUT2D eigenvalue weighted by Gasteiger charge is -2.27. The van der Waals surface area contributed by atoms with Gasteiger partial charge >= 0.3 is 5.97 Å². The zero-order valence-electron chi connectivity index (χ0n) is 20.7. The second-order valence-electron chi connectivity index (χ2n) is 8.64. The van der Waals surface area contributed by atoms with Crippen LogP contribution in [0.4, 0.5) is 22.7 Å². The first-order valence-corrected chi connectivity index (χ1v) is 12.1. The van der Waals surface area contributed by atoms with E-state index in [1.807, 2.05) is 109 Å². The molecule has 0 aliphatic carbocycles. The maximum atomic E-state index is 13.0. The van der Waals surface area contributed by atoms with Gasteiger partial charge in [0.1, 0.15) is 5.54 Å². The molecule has 0 bridgehead atoms. The van der Waals surface area contributed by atoms with Gasteiger partial charge in [0.2, 0.25) is 0 Å². The van der Waals surface area contributed by atoms with E-state index in [2.05, 4.69) is 20.5 Å². The van der Waals surface area contributed by atoms with Crippen molar-refractivity contribution in [2.75, 3.05) is 6.61 Å². The normalized spacial score (nSPS) is 13.0. The third-order valence-corrected chi connectivity index (χ3v) is 5.62. The molecule has 0 heterocycles. The highest BCUT2D eigenvalue weighted by Crippen LogP contribution is 2.26. The largest absolute Gasteiger partial charge is 0.465 e. The first-order valence-electron chi connectivity index (χ1n) is 12.1. The fourth-order valence-electron chi connectivity index (χ4n) is 3.89. The van der Waals surface area contributed by atoms with Crippen LogP contribution in [0.2, 0.25) is 0 Å². The number of carbonyl (C=O) groups excluding carboxylic acids is 1. The Bertz CT molecular complexity index is 1280. The fraction of sp³-hybridized carbons (Fsp3) is 0.167. The molecule has 0 aromatic heterocycles. The number of benzene rings is 4. The summed E-state index contributed by atoms with van der Waals surface area (Å²) in [6, 6.07) is 34.1. The van der Waals surface area contributed by atoms with E-state index in [9.17, 15) is 4.79 Å². The van der Waals surface area contributed by atoms with Crippen molar-refractivity contribution in [3.8, 4) is 0 Å². The van der Waals surface area contributed by atoms with E-state index in [0.29, 0.717) is 11.4 Å². The second-order valence-corrected chi connectivity index (χ2v) is 8.64. The third-order valence-electron chi connectivity index (χ3n) is 5.62. The number of hydrogen-bond acceptors (Lipinski definition) is 7. The quantitative estimate of drug-likeness (QED) is 0.183. The van der Waals surface area contributed by atoms with Gasteiger partial charge in [-0.05, 0) is 66.6 Å². The molecule has 7 heteroatoms. The zero-order valence-corrected chi connectivity index (χ0v) is 20.7. The summed E-state index contributed by atoms with van der Waals surface area (Å²) < 4.78 is 5.37. The van der Waals surface area contributed by atoms with Crippen LogP contribution in [0.15, 0.2) is 130 Å². The highest BCUT2D eigenvalue weighted by Gasteiger charge is 2.36. The van der Waals surface area contributed by atoms with Crippen molar-refractivity contribution in [1.29, 1.82) is 0 Å². The van der Waals surface area contributed by atoms with Crippen molar-refractivity contribution in [3.05, 3.63) is 120 Å². The van der Waals surface area contributed by atoms with E-state index >= 15 is 0 Å². The van der Waals surface area contributed by atoms with Gasteiger partial charge in [-0.15, -0.1) is 0 Å². The summed E-state index contributed by atoms with van der Waals surface area (Å²) in [4.78, 5) is 13.0. The molecule has 7 nitrogen and oxygen atoms in total. The van der Waals surface area contributed by atoms with Gasteiger partial charge < -0.3 is 10.5 Å². The maximum absolute atomic E-state index is 13.0. The number of ether oxygens (including phenoxy) is 1. The van der Waals surface area contributed by atoms with Gasteiger partial charge in [-0.1, -0.05) is 60.7 Å². The zero-order chi connectivity index (χ0) is 25.9. The molecule has 2 N–H and O–H groups in total. The number of esters is 1. The molecular weight excluding hydrogens is 462 g/mol. The lowest BCUT2D eigenvalue weighted by atomic mass is 9.85. The van der Waals surface area contributed by atoms with Crippen molar-refractivity contribution in [1.82, 2.24) is 0 Å². The summed E-state index contributed by atoms with van der Waals surface area (Å²) in [5.41, 5.74) is 10.1. The summed E-state index contributed by atoms with van der Waals surface area (Å²) in [6.45, 7) is 2.02. The average molecular weight is 492 g/mol. The SMILES string of the molecule is CCOC(=O)C(N)(Cc1cccc(N=Nc2ccccc2)c1)Cc1cccc(N=Nc2ccccc2)c1. The van der Waals surface area contributed by atoms with Gasteiger partial charge in [0.05, 0.1) is 29.4 Å². The Kier molecular flexibility index (Phi) is 8.62. The number of carbonyl (C=O) groups is 1. The molecule has 0 aliphatic heterocycles. The van der Waals surface area contributed by atoms with Crippen LogP contribution in [0.3, 0.4) is 0 Å². The summed E-state index contributed by atoms with van der Waals surface area (Å²) >= 11 is 0. The standard InChI is InChI=1S/C30H29N5O2/c1-2-37-29(36)30(31,21-23-11-9-17-27(19-23)34-32-25-13-5-3-6-14-25)22-24-12-10-18-28(20-24)35-33-26-15-7-4-8-16-26/h3-20H,2,21-22,31H2,1H3. The summed E-state index contributed by atoms with van der Waals surface area (Å²) in [6.07, 6.45) is 0.548. The van der Waals surface area contributed by atoms with E-state index in [1.54, 1.807) is 6.92 Å². The van der Waals surface area contributed by atoms with Crippen molar-refractivity contribution in [3.63, 3.8) is 0 Å². The molecule has 4 aromatic rings. The van der Waals surface area contributed by atoms with Crippen LogP contribution in [-0.4, -0.2) is 18.1 Å². The molecular formula is C30H29N5O2. The van der Waals surface area contributed by atoms with Crippen LogP contribution < -0.4 is 5.73 Å². The first kappa shape index (κ1) is 25.6. The molecule has 0 unspecified atom stereocenters. The third kappa shape index (κ3) is 7.49. The molecule has 4 rings (SSSR count). The predicted molar refractivity (Wildman–Crippen MR) is 145 cm³/mol. The average Bonchev–Trinajstić information content (AvgIpc) is 2.92. The van der Waals surface area contributed by atoms with Gasteiger partial charge in [0.15, 0.2) is 0 Å². The van der Waals surface area contributed by atoms with E-state index < -0.39 is 11.5 Å². The van der Waals surface area contributed by atoms with Crippen LogP contribution in [0.1, 0.15) is 18.1 Å². The Morgan fingerprint density at radius 1 is 0.649 bits per heavy atom. The smallest absolute Gasteiger partial charge is 0.326 e. The number of hydrogen-bond donors (Lipinski definition) is 1. The lowest BCUT2D eigenvalue weighted by molar-refractivity contribution is -0.149. The highest BCUT2D eigenvalue weighted by molar-refractivity contribution is 5.81. The number of azo groups is 2. The number of nitrogens with zero attached hydrogens (tertiary/aromatic N) is 4. The first-order chi connectivity index (χ1) is 18.0. The van der Waals surface area contributed by atoms with Gasteiger partial charge in [-0.2, -0.15) is 20.5 Å². The predicted octanol–water partition coefficient (Wildman–Crippen LogP) is 7.56. The highest BCUT2D eigenvalue weighted by atomic mass is 16.5. The van der Waals surface area contributed by atoms with Crippen molar-refractivity contribution in [2.24, 2.45) is 26.2 Å². The van der Waals surface area contributed by atoms with Crippen LogP contribution in [0.25, 0.3) is 0 Å². The summed E-state index contributed by atoms with van der Waals surface area (Å²) in [5, 5.41) is 17.2. The van der Waals surface area contributed by atoms with Gasteiger partial charge in [-0.25, -0.2) is 0 Å². The Morgan fingerprint density at radius 3 is 1.49 bits per heavy atom. The molecule has 0 spiro atoms. The summed E-state index contributed by atoms with van der Waals surface area (Å²) in [7, 11) is 0. The number of nitrogens with two attached hydrogens (primary N) is 1. The topological polar surface area (TPSA) is 102 Å². The van der Waals surface area contributed by atoms with Gasteiger partial charge in [-0.3, -0.25) is 4.79 Å². The molecule has 0 saturated carbocycles. The van der Waals surface area contributed by atoms with Crippen LogP contribution in [0.5, 0.6) is 0 Å². The molecule has 0 amide bonds. The molecule has 4 aromatic carbocycles. The molecule has 0 radical (unpaired) electrons. The molecule has 37 heavy (non-hydrogen) atoms. The van der Waals surface area contributed by atoms with Crippen LogP contribution in [-0.2, 0) is 22.4 Å². The summed E-state index contributed by atoms with van der Waals surface area (Å²) in [5.74, 6) is -0.456. The molecule has 0 fully saturated rings. The van der Waals surface area contributed by atoms with Crippen molar-refractivity contribution in [2.45, 2.75) is 25.3 Å². The van der Waals surface area contributed by atoms with E-state index in [1.165, 1.54) is 0 Å². The van der Waals surface area contributed by atoms with Crippen LogP contribution in [0, 0.1) is 0 Å². The van der Waals surface area contributed by atoms with Crippen molar-refractivity contribution >= 4 is 28.7 Å². The van der Waals surface area contributed by atoms with E-state index in [-0.39, 0.29) is 19.4 Å². The Hall–Kier alpha value is -4.49. The van der Waals surface area contributed by atoms with E-state index in [4.69, 9.17) is 10.5 Å². The van der Waals surface area contributed by atoms with E-state index in [0.717, 1.165) is 22.5 Å². The monoisotopic (exact) mass is 491 g/mol. The fourth-order valence-corrected chi connectivity index (χ4v) is 3.89. The lowest BCUT2D eigenvalue weighted by Crippen LogP contribution is -2.52. The minimum absolute atomic E-state index is 0.244. The van der Waals surface area contributed by atoms with Gasteiger partial charge in [0, 0.05) is 12.8 Å². The Morgan fingerprint density at radius 2 is 1.05 bits per heavy atom. The molecule has 0 aliphatic rings. The Labute approximate surface area is 216 Å². The number of rotatable bonds is 10. The minimum Gasteiger partial charge on any atom is -0.465 e. The van der Waals surface area contributed by atoms with Crippen molar-refractivity contribution < 1.29 is 9.53 Å². The van der Waals surface area contributed by atoms with Crippen LogP contribution >= 0.6 is 0 Å². The van der Waals surface area contributed by atoms with Gasteiger partial charge in [0.25, 0.3) is 0 Å². The Balaban J connectivity index is 1.54.